The van der Waals surface area contributed by atoms with Gasteiger partial charge < -0.3 is 0 Å². The Morgan fingerprint density at radius 3 is 1.75 bits per heavy atom. The molecule has 0 aliphatic carbocycles. The highest BCUT2D eigenvalue weighted by molar-refractivity contribution is 5.61. The number of aromatic nitrogens is 2. The summed E-state index contributed by atoms with van der Waals surface area (Å²) in [6, 6.07) is 23.8. The van der Waals surface area contributed by atoms with Crippen LogP contribution in [0.4, 0.5) is 0 Å². The monoisotopic (exact) mass is 366 g/mol. The number of pyridine rings is 2. The van der Waals surface area contributed by atoms with Crippen molar-refractivity contribution in [1.29, 1.82) is 0 Å². The van der Waals surface area contributed by atoms with Crippen LogP contribution in [0.1, 0.15) is 22.3 Å². The molecule has 0 aliphatic heterocycles. The zero-order valence-corrected chi connectivity index (χ0v) is 16.8. The summed E-state index contributed by atoms with van der Waals surface area (Å²) >= 11 is 0. The first-order valence-electron chi connectivity index (χ1n) is 9.73. The van der Waals surface area contributed by atoms with Crippen molar-refractivity contribution in [2.45, 2.75) is 27.3 Å². The number of benzene rings is 2. The predicted octanol–water partition coefficient (Wildman–Crippen LogP) is 4.89. The lowest BCUT2D eigenvalue weighted by atomic mass is 10.0. The third-order valence-electron chi connectivity index (χ3n) is 5.16. The molecule has 4 aromatic rings. The number of rotatable bonds is 4. The molecule has 0 saturated carbocycles. The molecule has 0 spiro atoms. The molecule has 4 rings (SSSR count). The molecule has 2 aromatic carbocycles. The summed E-state index contributed by atoms with van der Waals surface area (Å²) in [7, 11) is 0. The molecule has 0 radical (unpaired) electrons. The minimum atomic E-state index is 0.891. The lowest BCUT2D eigenvalue weighted by Crippen LogP contribution is -2.33. The van der Waals surface area contributed by atoms with Gasteiger partial charge in [-0.1, -0.05) is 35.9 Å². The van der Waals surface area contributed by atoms with E-state index in [2.05, 4.69) is 121 Å². The molecule has 2 heterocycles. The van der Waals surface area contributed by atoms with Crippen LogP contribution in [-0.4, -0.2) is 0 Å². The number of hydrogen-bond acceptors (Lipinski definition) is 0. The summed E-state index contributed by atoms with van der Waals surface area (Å²) in [5.41, 5.74) is 8.95. The topological polar surface area (TPSA) is 7.76 Å². The van der Waals surface area contributed by atoms with Crippen LogP contribution in [-0.2, 0) is 6.54 Å². The van der Waals surface area contributed by atoms with Crippen LogP contribution in [0, 0.1) is 20.8 Å². The molecule has 0 saturated heterocycles. The van der Waals surface area contributed by atoms with Gasteiger partial charge in [0.15, 0.2) is 31.3 Å². The van der Waals surface area contributed by atoms with Gasteiger partial charge in [0.1, 0.15) is 0 Å². The van der Waals surface area contributed by atoms with E-state index in [0.717, 1.165) is 6.54 Å². The molecule has 0 aliphatic rings. The van der Waals surface area contributed by atoms with Gasteiger partial charge in [-0.05, 0) is 44.0 Å². The van der Waals surface area contributed by atoms with Gasteiger partial charge in [-0.3, -0.25) is 0 Å². The second-order valence-electron chi connectivity index (χ2n) is 7.49. The Kier molecular flexibility index (Phi) is 5.03. The molecular weight excluding hydrogens is 340 g/mol. The van der Waals surface area contributed by atoms with E-state index in [-0.39, 0.29) is 0 Å². The van der Waals surface area contributed by atoms with Crippen molar-refractivity contribution < 1.29 is 9.13 Å². The SMILES string of the molecule is Cc1cc(C)c(-[n+]2ccc(-c3cc[n+](Cc4ccccc4)cc3)cc2)c(C)c1. The van der Waals surface area contributed by atoms with Crippen molar-refractivity contribution in [3.63, 3.8) is 0 Å². The Labute approximate surface area is 167 Å². The van der Waals surface area contributed by atoms with Crippen molar-refractivity contribution in [3.05, 3.63) is 114 Å². The lowest BCUT2D eigenvalue weighted by Gasteiger charge is -2.07. The smallest absolute Gasteiger partial charge is 0.201 e. The van der Waals surface area contributed by atoms with E-state index in [0.29, 0.717) is 0 Å². The second kappa shape index (κ2) is 7.77. The van der Waals surface area contributed by atoms with Crippen LogP contribution in [0.3, 0.4) is 0 Å². The zero-order valence-electron chi connectivity index (χ0n) is 16.8. The Morgan fingerprint density at radius 2 is 1.18 bits per heavy atom. The van der Waals surface area contributed by atoms with Crippen molar-refractivity contribution in [2.24, 2.45) is 0 Å². The number of hydrogen-bond donors (Lipinski definition) is 0. The van der Waals surface area contributed by atoms with Crippen molar-refractivity contribution in [2.75, 3.05) is 0 Å². The summed E-state index contributed by atoms with van der Waals surface area (Å²) in [5, 5.41) is 0. The van der Waals surface area contributed by atoms with Crippen LogP contribution in [0.15, 0.2) is 91.5 Å². The van der Waals surface area contributed by atoms with E-state index in [1.165, 1.54) is 39.1 Å². The largest absolute Gasteiger partial charge is 0.216 e. The zero-order chi connectivity index (χ0) is 19.5. The third kappa shape index (κ3) is 3.86. The molecule has 0 fully saturated rings. The van der Waals surface area contributed by atoms with E-state index >= 15 is 0 Å². The van der Waals surface area contributed by atoms with E-state index in [9.17, 15) is 0 Å². The van der Waals surface area contributed by atoms with Gasteiger partial charge in [0.2, 0.25) is 5.69 Å². The molecule has 0 N–H and O–H groups in total. The molecule has 0 unspecified atom stereocenters. The van der Waals surface area contributed by atoms with Crippen molar-refractivity contribution in [1.82, 2.24) is 0 Å². The van der Waals surface area contributed by atoms with Crippen molar-refractivity contribution >= 4 is 0 Å². The van der Waals surface area contributed by atoms with Crippen molar-refractivity contribution in [3.8, 4) is 16.8 Å². The molecular formula is C26H26N2+2. The van der Waals surface area contributed by atoms with Gasteiger partial charge in [0.25, 0.3) is 0 Å². The first-order chi connectivity index (χ1) is 13.6. The fraction of sp³-hybridized carbons (Fsp3) is 0.154. The highest BCUT2D eigenvalue weighted by Gasteiger charge is 2.14. The second-order valence-corrected chi connectivity index (χ2v) is 7.49. The van der Waals surface area contributed by atoms with Crippen LogP contribution in [0.2, 0.25) is 0 Å². The molecule has 2 heteroatoms. The highest BCUT2D eigenvalue weighted by atomic mass is 14.9. The molecule has 2 aromatic heterocycles. The van der Waals surface area contributed by atoms with Gasteiger partial charge in [-0.15, -0.1) is 0 Å². The first-order valence-corrected chi connectivity index (χ1v) is 9.73. The van der Waals surface area contributed by atoms with E-state index < -0.39 is 0 Å². The number of nitrogens with zero attached hydrogens (tertiary/aromatic N) is 2. The predicted molar refractivity (Wildman–Crippen MR) is 113 cm³/mol. The fourth-order valence-electron chi connectivity index (χ4n) is 3.90. The standard InChI is InChI=1S/C26H26N2/c1-20-17-21(2)26(22(3)18-20)28-15-11-25(12-16-28)24-9-13-27(14-10-24)19-23-7-5-4-6-8-23/h4-18H,19H2,1-3H3/q+2. The molecule has 2 nitrogen and oxygen atoms in total. The van der Waals surface area contributed by atoms with Crippen LogP contribution in [0.5, 0.6) is 0 Å². The van der Waals surface area contributed by atoms with Crippen LogP contribution >= 0.6 is 0 Å². The van der Waals surface area contributed by atoms with Gasteiger partial charge in [-0.2, -0.15) is 4.57 Å². The molecule has 138 valence electrons. The van der Waals surface area contributed by atoms with E-state index in [4.69, 9.17) is 0 Å². The minimum Gasteiger partial charge on any atom is -0.201 e. The fourth-order valence-corrected chi connectivity index (χ4v) is 3.90. The summed E-state index contributed by atoms with van der Waals surface area (Å²) in [6.07, 6.45) is 8.62. The van der Waals surface area contributed by atoms with Gasteiger partial charge in [0, 0.05) is 41.0 Å². The summed E-state index contributed by atoms with van der Waals surface area (Å²) in [6.45, 7) is 7.40. The third-order valence-corrected chi connectivity index (χ3v) is 5.16. The quantitative estimate of drug-likeness (QED) is 0.454. The Balaban J connectivity index is 1.56. The summed E-state index contributed by atoms with van der Waals surface area (Å²) < 4.78 is 4.42. The molecule has 0 atom stereocenters. The first kappa shape index (κ1) is 18.1. The normalized spacial score (nSPS) is 10.8. The van der Waals surface area contributed by atoms with E-state index in [1.54, 1.807) is 0 Å². The average Bonchev–Trinajstić information content (AvgIpc) is 2.69. The molecule has 28 heavy (non-hydrogen) atoms. The lowest BCUT2D eigenvalue weighted by molar-refractivity contribution is -0.688. The van der Waals surface area contributed by atoms with E-state index in [1.807, 2.05) is 0 Å². The molecule has 0 amide bonds. The Bertz CT molecular complexity index is 1060. The summed E-state index contributed by atoms with van der Waals surface area (Å²) in [5.74, 6) is 0. The van der Waals surface area contributed by atoms with Gasteiger partial charge in [-0.25, -0.2) is 4.57 Å². The van der Waals surface area contributed by atoms with Gasteiger partial charge in [0.05, 0.1) is 0 Å². The minimum absolute atomic E-state index is 0.891. The maximum atomic E-state index is 2.24. The molecule has 0 bridgehead atoms. The van der Waals surface area contributed by atoms with Gasteiger partial charge >= 0.3 is 0 Å². The van der Waals surface area contributed by atoms with Crippen LogP contribution < -0.4 is 9.13 Å². The summed E-state index contributed by atoms with van der Waals surface area (Å²) in [4.78, 5) is 0. The highest BCUT2D eigenvalue weighted by Crippen LogP contribution is 2.19. The maximum Gasteiger partial charge on any atom is 0.216 e. The average molecular weight is 367 g/mol. The Morgan fingerprint density at radius 1 is 0.643 bits per heavy atom. The Hall–Kier alpha value is -3.26. The number of aryl methyl sites for hydroxylation is 3. The maximum absolute atomic E-state index is 2.24. The van der Waals surface area contributed by atoms with Crippen LogP contribution in [0.25, 0.3) is 16.8 Å².